The van der Waals surface area contributed by atoms with Crippen LogP contribution in [-0.2, 0) is 28.7 Å². The van der Waals surface area contributed by atoms with E-state index in [1.807, 2.05) is 13.8 Å². The lowest BCUT2D eigenvalue weighted by molar-refractivity contribution is -0.148. The van der Waals surface area contributed by atoms with E-state index in [-0.39, 0.29) is 36.6 Å². The van der Waals surface area contributed by atoms with Crippen LogP contribution in [-0.4, -0.2) is 71.2 Å². The van der Waals surface area contributed by atoms with Crippen molar-refractivity contribution in [2.45, 2.75) is 65.5 Å². The smallest absolute Gasteiger partial charge is 0.331 e. The van der Waals surface area contributed by atoms with Gasteiger partial charge >= 0.3 is 5.97 Å². The van der Waals surface area contributed by atoms with Gasteiger partial charge in [0.15, 0.2) is 12.4 Å². The maximum atomic E-state index is 13.1. The van der Waals surface area contributed by atoms with Gasteiger partial charge in [0.1, 0.15) is 6.04 Å². The molecule has 0 unspecified atom stereocenters. The van der Waals surface area contributed by atoms with Gasteiger partial charge in [0, 0.05) is 38.2 Å². The number of hydrogen-bond acceptors (Lipinski definition) is 8. The molecule has 2 rings (SSSR count). The largest absolute Gasteiger partial charge is 0.454 e. The molecular weight excluding hydrogens is 490 g/mol. The number of Topliss-reactive ketones (excluding diaryl/α,β-unsaturated/α-hetero) is 1. The summed E-state index contributed by atoms with van der Waals surface area (Å²) >= 11 is 0. The predicted molar refractivity (Wildman–Crippen MR) is 141 cm³/mol. The van der Waals surface area contributed by atoms with E-state index in [0.29, 0.717) is 31.5 Å². The first-order valence-corrected chi connectivity index (χ1v) is 13.0. The molecule has 1 aromatic heterocycles. The number of esters is 1. The lowest BCUT2D eigenvalue weighted by Crippen LogP contribution is -2.61. The van der Waals surface area contributed by atoms with Crippen molar-refractivity contribution in [1.82, 2.24) is 26.1 Å². The standard InChI is InChI=1S/C27H39N5O6/c1-18(2)16-23(34)29-15-12-24(35)32-21(9-7-14-30-32)27(37)31-26(19(3)4)22(33)17-38-25(36)11-10-20-8-5-6-13-28-20/h5-6,8,10-11,13,18-19,21,26,30H,7,9,12,14-17H2,1-4H3,(H,29,34)(H,31,37)/b11-10+/t21-,26+/m0/s1. The predicted octanol–water partition coefficient (Wildman–Crippen LogP) is 1.40. The Morgan fingerprint density at radius 2 is 1.95 bits per heavy atom. The highest BCUT2D eigenvalue weighted by Gasteiger charge is 2.35. The van der Waals surface area contributed by atoms with Crippen LogP contribution in [0.2, 0.25) is 0 Å². The Hall–Kier alpha value is -3.60. The highest BCUT2D eigenvalue weighted by Crippen LogP contribution is 2.14. The monoisotopic (exact) mass is 529 g/mol. The molecule has 0 radical (unpaired) electrons. The fraction of sp³-hybridized carbons (Fsp3) is 0.556. The van der Waals surface area contributed by atoms with Crippen molar-refractivity contribution in [1.29, 1.82) is 0 Å². The molecule has 0 aliphatic carbocycles. The van der Waals surface area contributed by atoms with Gasteiger partial charge in [-0.3, -0.25) is 29.2 Å². The van der Waals surface area contributed by atoms with Gasteiger partial charge < -0.3 is 15.4 Å². The molecule has 0 aromatic carbocycles. The van der Waals surface area contributed by atoms with E-state index >= 15 is 0 Å². The molecule has 11 nitrogen and oxygen atoms in total. The van der Waals surface area contributed by atoms with E-state index in [1.165, 1.54) is 17.2 Å². The van der Waals surface area contributed by atoms with Crippen LogP contribution >= 0.6 is 0 Å². The molecule has 38 heavy (non-hydrogen) atoms. The minimum Gasteiger partial charge on any atom is -0.454 e. The number of aromatic nitrogens is 1. The maximum Gasteiger partial charge on any atom is 0.331 e. The zero-order valence-electron chi connectivity index (χ0n) is 22.6. The summed E-state index contributed by atoms with van der Waals surface area (Å²) in [6.45, 7) is 7.61. The topological polar surface area (TPSA) is 147 Å². The molecule has 208 valence electrons. The molecule has 2 heterocycles. The lowest BCUT2D eigenvalue weighted by Gasteiger charge is -2.36. The molecule has 1 fully saturated rings. The summed E-state index contributed by atoms with van der Waals surface area (Å²) in [5.74, 6) is -2.13. The second-order valence-corrected chi connectivity index (χ2v) is 9.92. The Kier molecular flexibility index (Phi) is 12.6. The normalized spacial score (nSPS) is 16.4. The summed E-state index contributed by atoms with van der Waals surface area (Å²) in [6.07, 6.45) is 5.76. The number of rotatable bonds is 13. The molecule has 3 N–H and O–H groups in total. The van der Waals surface area contributed by atoms with Crippen molar-refractivity contribution in [2.24, 2.45) is 11.8 Å². The molecule has 3 amide bonds. The van der Waals surface area contributed by atoms with Gasteiger partial charge in [0.05, 0.1) is 11.7 Å². The van der Waals surface area contributed by atoms with Crippen LogP contribution < -0.4 is 16.1 Å². The van der Waals surface area contributed by atoms with Crippen LogP contribution in [0.3, 0.4) is 0 Å². The molecule has 1 aliphatic rings. The molecule has 0 spiro atoms. The van der Waals surface area contributed by atoms with Crippen molar-refractivity contribution >= 4 is 35.6 Å². The summed E-state index contributed by atoms with van der Waals surface area (Å²) in [5.41, 5.74) is 3.53. The number of nitrogens with zero attached hydrogens (tertiary/aromatic N) is 2. The molecule has 1 aliphatic heterocycles. The van der Waals surface area contributed by atoms with Crippen LogP contribution in [0.4, 0.5) is 0 Å². The van der Waals surface area contributed by atoms with Gasteiger partial charge in [-0.15, -0.1) is 0 Å². The van der Waals surface area contributed by atoms with E-state index in [2.05, 4.69) is 21.0 Å². The Morgan fingerprint density at radius 1 is 1.18 bits per heavy atom. The molecule has 1 saturated heterocycles. The number of amides is 3. The summed E-state index contributed by atoms with van der Waals surface area (Å²) in [5, 5.41) is 6.75. The number of pyridine rings is 1. The van der Waals surface area contributed by atoms with Crippen LogP contribution in [0.15, 0.2) is 30.5 Å². The second-order valence-electron chi connectivity index (χ2n) is 9.92. The van der Waals surface area contributed by atoms with Gasteiger partial charge in [-0.2, -0.15) is 0 Å². The highest BCUT2D eigenvalue weighted by molar-refractivity contribution is 5.95. The third-order valence-electron chi connectivity index (χ3n) is 5.82. The molecule has 0 saturated carbocycles. The first kappa shape index (κ1) is 30.6. The maximum absolute atomic E-state index is 13.1. The molecule has 2 atom stereocenters. The lowest BCUT2D eigenvalue weighted by atomic mass is 9.98. The van der Waals surface area contributed by atoms with Gasteiger partial charge in [0.25, 0.3) is 0 Å². The molecule has 1 aromatic rings. The summed E-state index contributed by atoms with van der Waals surface area (Å²) in [4.78, 5) is 66.7. The Balaban J connectivity index is 1.91. The van der Waals surface area contributed by atoms with Crippen molar-refractivity contribution in [3.05, 3.63) is 36.2 Å². The third-order valence-corrected chi connectivity index (χ3v) is 5.82. The zero-order valence-corrected chi connectivity index (χ0v) is 22.6. The van der Waals surface area contributed by atoms with E-state index in [9.17, 15) is 24.0 Å². The number of ketones is 1. The van der Waals surface area contributed by atoms with E-state index < -0.39 is 36.4 Å². The van der Waals surface area contributed by atoms with Crippen molar-refractivity contribution < 1.29 is 28.7 Å². The number of carbonyl (C=O) groups excluding carboxylic acids is 5. The SMILES string of the molecule is CC(C)CC(=O)NCCC(=O)N1NCCC[C@H]1C(=O)N[C@@H](C(=O)COC(=O)/C=C/c1ccccn1)C(C)C. The Bertz CT molecular complexity index is 995. The summed E-state index contributed by atoms with van der Waals surface area (Å²) < 4.78 is 5.06. The average molecular weight is 530 g/mol. The first-order valence-electron chi connectivity index (χ1n) is 13.0. The van der Waals surface area contributed by atoms with Gasteiger partial charge in [-0.25, -0.2) is 10.2 Å². The van der Waals surface area contributed by atoms with Crippen LogP contribution in [0, 0.1) is 11.8 Å². The molecule has 11 heteroatoms. The van der Waals surface area contributed by atoms with Crippen LogP contribution in [0.1, 0.15) is 59.1 Å². The number of hydrazine groups is 1. The average Bonchev–Trinajstić information content (AvgIpc) is 2.88. The minimum absolute atomic E-state index is 0.0368. The van der Waals surface area contributed by atoms with Crippen molar-refractivity contribution in [3.63, 3.8) is 0 Å². The van der Waals surface area contributed by atoms with Crippen molar-refractivity contribution in [3.8, 4) is 0 Å². The summed E-state index contributed by atoms with van der Waals surface area (Å²) in [6, 6.07) is 3.54. The van der Waals surface area contributed by atoms with Gasteiger partial charge in [-0.1, -0.05) is 33.8 Å². The van der Waals surface area contributed by atoms with Crippen molar-refractivity contribution in [2.75, 3.05) is 19.7 Å². The highest BCUT2D eigenvalue weighted by atomic mass is 16.5. The van der Waals surface area contributed by atoms with E-state index in [1.54, 1.807) is 38.2 Å². The Labute approximate surface area is 223 Å². The third kappa shape index (κ3) is 10.4. The number of carbonyl (C=O) groups is 5. The van der Waals surface area contributed by atoms with E-state index in [0.717, 1.165) is 0 Å². The first-order chi connectivity index (χ1) is 18.1. The minimum atomic E-state index is -0.899. The summed E-state index contributed by atoms with van der Waals surface area (Å²) in [7, 11) is 0. The van der Waals surface area contributed by atoms with Gasteiger partial charge in [-0.05, 0) is 42.9 Å². The van der Waals surface area contributed by atoms with Gasteiger partial charge in [0.2, 0.25) is 17.7 Å². The van der Waals surface area contributed by atoms with E-state index in [4.69, 9.17) is 4.74 Å². The number of hydrogen-bond donors (Lipinski definition) is 3. The second kappa shape index (κ2) is 15.6. The van der Waals surface area contributed by atoms with Crippen LogP contribution in [0.5, 0.6) is 0 Å². The number of ether oxygens (including phenoxy) is 1. The Morgan fingerprint density at radius 3 is 2.61 bits per heavy atom. The molecule has 0 bridgehead atoms. The fourth-order valence-electron chi connectivity index (χ4n) is 3.89. The fourth-order valence-corrected chi connectivity index (χ4v) is 3.89. The number of nitrogens with one attached hydrogen (secondary N) is 3. The quantitative estimate of drug-likeness (QED) is 0.257. The molecular formula is C27H39N5O6. The zero-order chi connectivity index (χ0) is 28.1. The van der Waals surface area contributed by atoms with Crippen LogP contribution in [0.25, 0.3) is 6.08 Å².